The predicted molar refractivity (Wildman–Crippen MR) is 155 cm³/mol. The van der Waals surface area contributed by atoms with Crippen LogP contribution in [0, 0.1) is 0 Å². The third-order valence-electron chi connectivity index (χ3n) is 8.10. The van der Waals surface area contributed by atoms with Crippen LogP contribution < -0.4 is 15.1 Å². The topological polar surface area (TPSA) is 93.5 Å². The van der Waals surface area contributed by atoms with Crippen molar-refractivity contribution in [1.82, 2.24) is 24.8 Å². The summed E-state index contributed by atoms with van der Waals surface area (Å²) in [7, 11) is 2.17. The molecule has 1 aromatic carbocycles. The number of aliphatic hydroxyl groups excluding tert-OH is 1. The largest absolute Gasteiger partial charge is 0.391 e. The summed E-state index contributed by atoms with van der Waals surface area (Å²) in [6.07, 6.45) is 8.40. The Morgan fingerprint density at radius 3 is 2.59 bits per heavy atom. The predicted octanol–water partition coefficient (Wildman–Crippen LogP) is 4.03. The summed E-state index contributed by atoms with van der Waals surface area (Å²) < 4.78 is 0. The lowest BCUT2D eigenvalue weighted by Gasteiger charge is -2.34. The van der Waals surface area contributed by atoms with Gasteiger partial charge in [0, 0.05) is 74.0 Å². The second kappa shape index (κ2) is 10.1. The molecule has 0 amide bonds. The van der Waals surface area contributed by atoms with Gasteiger partial charge < -0.3 is 25.1 Å². The molecule has 0 spiro atoms. The highest BCUT2D eigenvalue weighted by atomic mass is 16.3. The van der Waals surface area contributed by atoms with Crippen LogP contribution in [0.1, 0.15) is 30.7 Å². The number of hydrogen-bond acceptors (Lipinski definition) is 9. The molecule has 5 heterocycles. The molecule has 3 fully saturated rings. The molecule has 39 heavy (non-hydrogen) atoms. The summed E-state index contributed by atoms with van der Waals surface area (Å²) in [5, 5.41) is 14.9. The summed E-state index contributed by atoms with van der Waals surface area (Å²) in [5.74, 6) is 2.82. The molecule has 7 rings (SSSR count). The van der Waals surface area contributed by atoms with Gasteiger partial charge in [-0.3, -0.25) is 4.98 Å². The number of β-amino-alcohol motifs (C(OH)–C–C–N with tert-alkyl or cyclic N) is 1. The lowest BCUT2D eigenvalue weighted by molar-refractivity contribution is 0.198. The molecule has 2 saturated heterocycles. The van der Waals surface area contributed by atoms with Crippen molar-refractivity contribution in [2.45, 2.75) is 31.3 Å². The number of aromatic nitrogens is 4. The first-order valence-electron chi connectivity index (χ1n) is 14.0. The zero-order valence-electron chi connectivity index (χ0n) is 22.3. The van der Waals surface area contributed by atoms with Crippen LogP contribution in [0.5, 0.6) is 0 Å². The van der Waals surface area contributed by atoms with Crippen molar-refractivity contribution in [3.8, 4) is 11.4 Å². The van der Waals surface area contributed by atoms with Crippen molar-refractivity contribution in [1.29, 1.82) is 0 Å². The van der Waals surface area contributed by atoms with Crippen LogP contribution in [-0.4, -0.2) is 82.4 Å². The van der Waals surface area contributed by atoms with Crippen molar-refractivity contribution < 1.29 is 5.11 Å². The van der Waals surface area contributed by atoms with Crippen LogP contribution in [0.4, 0.5) is 23.0 Å². The number of nitrogens with zero attached hydrogens (tertiary/aromatic N) is 7. The maximum absolute atomic E-state index is 10.3. The molecule has 0 bridgehead atoms. The molecule has 2 N–H and O–H groups in total. The van der Waals surface area contributed by atoms with Gasteiger partial charge in [0.15, 0.2) is 5.82 Å². The first kappa shape index (κ1) is 24.2. The van der Waals surface area contributed by atoms with E-state index < -0.39 is 0 Å². The summed E-state index contributed by atoms with van der Waals surface area (Å²) in [6, 6.07) is 12.5. The highest BCUT2D eigenvalue weighted by Crippen LogP contribution is 2.45. The zero-order valence-corrected chi connectivity index (χ0v) is 22.3. The van der Waals surface area contributed by atoms with Crippen LogP contribution in [0.2, 0.25) is 0 Å². The Labute approximate surface area is 228 Å². The summed E-state index contributed by atoms with van der Waals surface area (Å²) >= 11 is 0. The van der Waals surface area contributed by atoms with Crippen molar-refractivity contribution in [3.63, 3.8) is 0 Å². The number of pyridine rings is 2. The average molecular weight is 523 g/mol. The SMILES string of the molecule is CN1CCN(c2cccc(Nc3cc(-c4nc(N5CC[C@H](O)C5)c5c(C6CC6)cncc5n4)ccn3)c2)CC1. The Balaban J connectivity index is 1.21. The number of anilines is 4. The van der Waals surface area contributed by atoms with Crippen LogP contribution in [0.3, 0.4) is 0 Å². The highest BCUT2D eigenvalue weighted by Gasteiger charge is 2.31. The first-order valence-corrected chi connectivity index (χ1v) is 14.0. The first-order chi connectivity index (χ1) is 19.1. The number of nitrogens with one attached hydrogen (secondary N) is 1. The summed E-state index contributed by atoms with van der Waals surface area (Å²) in [5.41, 5.74) is 5.20. The second-order valence-electron chi connectivity index (χ2n) is 11.1. The quantitative estimate of drug-likeness (QED) is 0.389. The van der Waals surface area contributed by atoms with E-state index in [2.05, 4.69) is 61.3 Å². The third kappa shape index (κ3) is 4.99. The molecule has 9 nitrogen and oxygen atoms in total. The Morgan fingerprint density at radius 1 is 0.923 bits per heavy atom. The normalized spacial score (nSPS) is 20.1. The minimum atomic E-state index is -0.331. The molecular formula is C30H34N8O. The zero-order chi connectivity index (χ0) is 26.3. The van der Waals surface area contributed by atoms with Gasteiger partial charge in [-0.1, -0.05) is 6.07 Å². The van der Waals surface area contributed by atoms with Crippen LogP contribution in [-0.2, 0) is 0 Å². The maximum atomic E-state index is 10.3. The van der Waals surface area contributed by atoms with E-state index in [0.717, 1.165) is 72.9 Å². The molecule has 9 heteroatoms. The van der Waals surface area contributed by atoms with Gasteiger partial charge in [0.1, 0.15) is 11.6 Å². The summed E-state index contributed by atoms with van der Waals surface area (Å²) in [6.45, 7) is 5.57. The van der Waals surface area contributed by atoms with Gasteiger partial charge in [-0.2, -0.15) is 0 Å². The van der Waals surface area contributed by atoms with E-state index in [-0.39, 0.29) is 6.10 Å². The van der Waals surface area contributed by atoms with Gasteiger partial charge >= 0.3 is 0 Å². The number of benzene rings is 1. The van der Waals surface area contributed by atoms with E-state index in [1.165, 1.54) is 24.1 Å². The number of piperazine rings is 1. The van der Waals surface area contributed by atoms with Crippen LogP contribution in [0.25, 0.3) is 22.3 Å². The minimum absolute atomic E-state index is 0.331. The molecule has 3 aliphatic rings. The van der Waals surface area contributed by atoms with E-state index in [4.69, 9.17) is 9.97 Å². The van der Waals surface area contributed by atoms with E-state index >= 15 is 0 Å². The molecule has 3 aromatic heterocycles. The monoisotopic (exact) mass is 522 g/mol. The molecule has 2 aliphatic heterocycles. The molecular weight excluding hydrogens is 488 g/mol. The maximum Gasteiger partial charge on any atom is 0.162 e. The molecule has 4 aromatic rings. The number of fused-ring (bicyclic) bond motifs is 1. The van der Waals surface area contributed by atoms with Gasteiger partial charge in [-0.25, -0.2) is 15.0 Å². The number of rotatable bonds is 6. The number of aliphatic hydroxyl groups is 1. The number of hydrogen-bond donors (Lipinski definition) is 2. The smallest absolute Gasteiger partial charge is 0.162 e. The van der Waals surface area contributed by atoms with E-state index in [1.54, 1.807) is 6.20 Å². The summed E-state index contributed by atoms with van der Waals surface area (Å²) in [4.78, 5) is 26.2. The Morgan fingerprint density at radius 2 is 1.79 bits per heavy atom. The van der Waals surface area contributed by atoms with Crippen molar-refractivity contribution in [3.05, 3.63) is 60.6 Å². The van der Waals surface area contributed by atoms with Crippen LogP contribution >= 0.6 is 0 Å². The van der Waals surface area contributed by atoms with Gasteiger partial charge in [-0.05, 0) is 68.1 Å². The standard InChI is InChI=1S/C30H34N8O/c1-36-11-13-37(14-12-36)23-4-2-3-22(16-23)33-27-15-21(7-9-32-27)29-34-26-18-31-17-25(20-5-6-20)28(26)30(35-29)38-10-8-24(39)19-38/h2-4,7,9,15-18,20,24,39H,5-6,8,10-14,19H2,1H3,(H,32,33)/t24-/m0/s1. The molecule has 1 saturated carbocycles. The lowest BCUT2D eigenvalue weighted by atomic mass is 10.1. The Hall–Kier alpha value is -3.82. The lowest BCUT2D eigenvalue weighted by Crippen LogP contribution is -2.44. The Bertz CT molecular complexity index is 1500. The van der Waals surface area contributed by atoms with Crippen molar-refractivity contribution in [2.75, 3.05) is 61.4 Å². The van der Waals surface area contributed by atoms with E-state index in [0.29, 0.717) is 18.3 Å². The fourth-order valence-corrected chi connectivity index (χ4v) is 5.72. The van der Waals surface area contributed by atoms with E-state index in [1.807, 2.05) is 24.5 Å². The molecule has 1 aliphatic carbocycles. The molecule has 0 radical (unpaired) electrons. The highest BCUT2D eigenvalue weighted by molar-refractivity contribution is 5.94. The average Bonchev–Trinajstić information content (AvgIpc) is 3.72. The molecule has 200 valence electrons. The fourth-order valence-electron chi connectivity index (χ4n) is 5.72. The van der Waals surface area contributed by atoms with Gasteiger partial charge in [0.05, 0.1) is 17.8 Å². The Kier molecular flexibility index (Phi) is 6.25. The van der Waals surface area contributed by atoms with E-state index in [9.17, 15) is 5.11 Å². The second-order valence-corrected chi connectivity index (χ2v) is 11.1. The van der Waals surface area contributed by atoms with Crippen LogP contribution in [0.15, 0.2) is 55.0 Å². The molecule has 1 atom stereocenters. The van der Waals surface area contributed by atoms with Crippen molar-refractivity contribution >= 4 is 33.9 Å². The van der Waals surface area contributed by atoms with Gasteiger partial charge in [0.2, 0.25) is 0 Å². The molecule has 0 unspecified atom stereocenters. The third-order valence-corrected chi connectivity index (χ3v) is 8.10. The van der Waals surface area contributed by atoms with Gasteiger partial charge in [-0.15, -0.1) is 0 Å². The van der Waals surface area contributed by atoms with Crippen molar-refractivity contribution in [2.24, 2.45) is 0 Å². The minimum Gasteiger partial charge on any atom is -0.391 e. The number of likely N-dealkylation sites (N-methyl/N-ethyl adjacent to an activating group) is 1. The fraction of sp³-hybridized carbons (Fsp3) is 0.400. The van der Waals surface area contributed by atoms with Gasteiger partial charge in [0.25, 0.3) is 0 Å².